The lowest BCUT2D eigenvalue weighted by molar-refractivity contribution is 0.0956. The zero-order valence-corrected chi connectivity index (χ0v) is 15.9. The average molecular weight is 384 g/mol. The Morgan fingerprint density at radius 2 is 1.63 bits per heavy atom. The highest BCUT2D eigenvalue weighted by atomic mass is 32.2. The van der Waals surface area contributed by atoms with Gasteiger partial charge >= 0.3 is 0 Å². The summed E-state index contributed by atoms with van der Waals surface area (Å²) in [5.41, 5.74) is 3.89. The van der Waals surface area contributed by atoms with Crippen molar-refractivity contribution in [2.75, 3.05) is 17.0 Å². The van der Waals surface area contributed by atoms with Crippen LogP contribution in [0.15, 0.2) is 48.5 Å². The predicted molar refractivity (Wildman–Crippen MR) is 105 cm³/mol. The van der Waals surface area contributed by atoms with Crippen LogP contribution in [0.2, 0.25) is 0 Å². The number of aryl methyl sites for hydroxylation is 2. The molecule has 0 bridgehead atoms. The standard InChI is InChI=1S/C19H20N4O3S/c1-13-14(2)22-18-12-15(8-9-17(18)21-13)19(24)20-10-11-27(25,26)23-16-6-4-3-5-7-16/h3-9,12,23H,10-11H2,1-2H3,(H,20,24). The molecule has 0 unspecified atom stereocenters. The second-order valence-electron chi connectivity index (χ2n) is 6.14. The Kier molecular flexibility index (Phi) is 5.36. The number of nitrogens with one attached hydrogen (secondary N) is 2. The quantitative estimate of drug-likeness (QED) is 0.680. The number of benzene rings is 2. The van der Waals surface area contributed by atoms with Crippen LogP contribution < -0.4 is 10.0 Å². The third kappa shape index (κ3) is 4.79. The summed E-state index contributed by atoms with van der Waals surface area (Å²) < 4.78 is 26.6. The highest BCUT2D eigenvalue weighted by Gasteiger charge is 2.13. The molecule has 0 fully saturated rings. The maximum atomic E-state index is 12.3. The van der Waals surface area contributed by atoms with E-state index in [-0.39, 0.29) is 18.2 Å². The van der Waals surface area contributed by atoms with E-state index in [9.17, 15) is 13.2 Å². The van der Waals surface area contributed by atoms with Crippen molar-refractivity contribution in [1.29, 1.82) is 0 Å². The van der Waals surface area contributed by atoms with Gasteiger partial charge in [-0.25, -0.2) is 18.4 Å². The van der Waals surface area contributed by atoms with Crippen molar-refractivity contribution in [3.8, 4) is 0 Å². The van der Waals surface area contributed by atoms with Crippen LogP contribution in [0.1, 0.15) is 21.7 Å². The van der Waals surface area contributed by atoms with Gasteiger partial charge in [-0.2, -0.15) is 0 Å². The number of nitrogens with zero attached hydrogens (tertiary/aromatic N) is 2. The van der Waals surface area contributed by atoms with Gasteiger partial charge in [0, 0.05) is 17.8 Å². The molecule has 1 heterocycles. The van der Waals surface area contributed by atoms with Crippen molar-refractivity contribution in [2.24, 2.45) is 0 Å². The number of sulfonamides is 1. The maximum Gasteiger partial charge on any atom is 0.251 e. The Balaban J connectivity index is 1.62. The van der Waals surface area contributed by atoms with Crippen LogP contribution in [-0.4, -0.2) is 36.6 Å². The largest absolute Gasteiger partial charge is 0.351 e. The van der Waals surface area contributed by atoms with Gasteiger partial charge in [0.05, 0.1) is 28.2 Å². The molecule has 0 radical (unpaired) electrons. The molecule has 0 aliphatic heterocycles. The molecule has 2 N–H and O–H groups in total. The molecule has 0 spiro atoms. The summed E-state index contributed by atoms with van der Waals surface area (Å²) in [5, 5.41) is 2.63. The van der Waals surface area contributed by atoms with Gasteiger partial charge in [-0.15, -0.1) is 0 Å². The van der Waals surface area contributed by atoms with Gasteiger partial charge in [0.25, 0.3) is 5.91 Å². The Hall–Kier alpha value is -3.00. The molecule has 7 nitrogen and oxygen atoms in total. The average Bonchev–Trinajstić information content (AvgIpc) is 2.62. The van der Waals surface area contributed by atoms with E-state index in [1.165, 1.54) is 0 Å². The number of carbonyl (C=O) groups excluding carboxylic acids is 1. The minimum absolute atomic E-state index is 0.00234. The summed E-state index contributed by atoms with van der Waals surface area (Å²) in [6.45, 7) is 3.74. The highest BCUT2D eigenvalue weighted by Crippen LogP contribution is 2.14. The molecule has 0 aliphatic rings. The summed E-state index contributed by atoms with van der Waals surface area (Å²) in [6, 6.07) is 13.6. The van der Waals surface area contributed by atoms with Gasteiger partial charge in [0.15, 0.2) is 0 Å². The van der Waals surface area contributed by atoms with Crippen LogP contribution in [-0.2, 0) is 10.0 Å². The molecule has 1 aromatic heterocycles. The molecule has 0 aliphatic carbocycles. The minimum Gasteiger partial charge on any atom is -0.351 e. The number of rotatable bonds is 6. The molecule has 27 heavy (non-hydrogen) atoms. The van der Waals surface area contributed by atoms with Crippen molar-refractivity contribution in [2.45, 2.75) is 13.8 Å². The zero-order valence-electron chi connectivity index (χ0n) is 15.1. The van der Waals surface area contributed by atoms with Crippen molar-refractivity contribution in [3.63, 3.8) is 0 Å². The SMILES string of the molecule is Cc1nc2ccc(C(=O)NCCS(=O)(=O)Nc3ccccc3)cc2nc1C. The smallest absolute Gasteiger partial charge is 0.251 e. The summed E-state index contributed by atoms with van der Waals surface area (Å²) in [5.74, 6) is -0.578. The van der Waals surface area contributed by atoms with E-state index in [4.69, 9.17) is 0 Å². The molecular weight excluding hydrogens is 364 g/mol. The minimum atomic E-state index is -3.54. The van der Waals surface area contributed by atoms with Crippen LogP contribution in [0, 0.1) is 13.8 Å². The lowest BCUT2D eigenvalue weighted by atomic mass is 10.1. The van der Waals surface area contributed by atoms with Crippen LogP contribution in [0.25, 0.3) is 11.0 Å². The first-order valence-corrected chi connectivity index (χ1v) is 10.1. The van der Waals surface area contributed by atoms with Crippen molar-refractivity contribution < 1.29 is 13.2 Å². The summed E-state index contributed by atoms with van der Waals surface area (Å²) in [4.78, 5) is 21.2. The van der Waals surface area contributed by atoms with Gasteiger partial charge in [0.1, 0.15) is 0 Å². The lowest BCUT2D eigenvalue weighted by Crippen LogP contribution is -2.31. The fourth-order valence-electron chi connectivity index (χ4n) is 2.51. The molecule has 0 saturated heterocycles. The van der Waals surface area contributed by atoms with Crippen LogP contribution in [0.5, 0.6) is 0 Å². The first-order valence-electron chi connectivity index (χ1n) is 8.43. The third-order valence-corrected chi connectivity index (χ3v) is 5.33. The van der Waals surface area contributed by atoms with Crippen LogP contribution in [0.4, 0.5) is 5.69 Å². The van der Waals surface area contributed by atoms with Gasteiger partial charge in [-0.3, -0.25) is 9.52 Å². The summed E-state index contributed by atoms with van der Waals surface area (Å²) >= 11 is 0. The van der Waals surface area contributed by atoms with Gasteiger partial charge in [-0.05, 0) is 44.2 Å². The van der Waals surface area contributed by atoms with Crippen molar-refractivity contribution >= 4 is 32.7 Å². The second-order valence-corrected chi connectivity index (χ2v) is 7.98. The molecule has 140 valence electrons. The molecule has 1 amide bonds. The van der Waals surface area contributed by atoms with Gasteiger partial charge in [0.2, 0.25) is 10.0 Å². The number of fused-ring (bicyclic) bond motifs is 1. The predicted octanol–water partition coefficient (Wildman–Crippen LogP) is 2.42. The summed E-state index contributed by atoms with van der Waals surface area (Å²) in [7, 11) is -3.54. The van der Waals surface area contributed by atoms with Crippen LogP contribution >= 0.6 is 0 Å². The normalized spacial score (nSPS) is 11.3. The Morgan fingerprint density at radius 1 is 0.963 bits per heavy atom. The van der Waals surface area contributed by atoms with E-state index in [0.29, 0.717) is 22.3 Å². The first kappa shape index (κ1) is 18.8. The number of para-hydroxylation sites is 1. The van der Waals surface area contributed by atoms with E-state index in [0.717, 1.165) is 11.4 Å². The Morgan fingerprint density at radius 3 is 2.33 bits per heavy atom. The number of carbonyl (C=O) groups is 1. The maximum absolute atomic E-state index is 12.3. The molecular formula is C19H20N4O3S. The first-order chi connectivity index (χ1) is 12.8. The zero-order chi connectivity index (χ0) is 19.4. The van der Waals surface area contributed by atoms with E-state index in [2.05, 4.69) is 20.0 Å². The summed E-state index contributed by atoms with van der Waals surface area (Å²) in [6.07, 6.45) is 0. The molecule has 3 aromatic rings. The fraction of sp³-hybridized carbons (Fsp3) is 0.211. The number of amides is 1. The molecule has 0 saturated carbocycles. The van der Waals surface area contributed by atoms with Crippen molar-refractivity contribution in [3.05, 3.63) is 65.5 Å². The number of hydrogen-bond acceptors (Lipinski definition) is 5. The highest BCUT2D eigenvalue weighted by molar-refractivity contribution is 7.92. The molecule has 8 heteroatoms. The van der Waals surface area contributed by atoms with E-state index in [1.54, 1.807) is 48.5 Å². The third-order valence-electron chi connectivity index (χ3n) is 4.04. The Bertz CT molecular complexity index is 1080. The number of anilines is 1. The van der Waals surface area contributed by atoms with Crippen LogP contribution in [0.3, 0.4) is 0 Å². The van der Waals surface area contributed by atoms with Crippen molar-refractivity contribution in [1.82, 2.24) is 15.3 Å². The fourth-order valence-corrected chi connectivity index (χ4v) is 3.48. The monoisotopic (exact) mass is 384 g/mol. The van der Waals surface area contributed by atoms with Gasteiger partial charge in [-0.1, -0.05) is 18.2 Å². The number of hydrogen-bond donors (Lipinski definition) is 2. The van der Waals surface area contributed by atoms with E-state index in [1.807, 2.05) is 13.8 Å². The lowest BCUT2D eigenvalue weighted by Gasteiger charge is -2.09. The van der Waals surface area contributed by atoms with Gasteiger partial charge < -0.3 is 5.32 Å². The van der Waals surface area contributed by atoms with E-state index < -0.39 is 10.0 Å². The Labute approximate surface area is 157 Å². The molecule has 3 rings (SSSR count). The topological polar surface area (TPSA) is 101 Å². The molecule has 0 atom stereocenters. The number of aromatic nitrogens is 2. The second kappa shape index (κ2) is 7.71. The van der Waals surface area contributed by atoms with E-state index >= 15 is 0 Å². The molecule has 2 aromatic carbocycles.